The van der Waals surface area contributed by atoms with E-state index in [0.717, 1.165) is 5.56 Å². The van der Waals surface area contributed by atoms with Crippen molar-refractivity contribution in [3.05, 3.63) is 79.6 Å². The van der Waals surface area contributed by atoms with Crippen LogP contribution in [0.1, 0.15) is 35.6 Å². The molecule has 0 aliphatic rings. The fourth-order valence-electron chi connectivity index (χ4n) is 2.82. The Morgan fingerprint density at radius 3 is 2.55 bits per heavy atom. The van der Waals surface area contributed by atoms with Crippen molar-refractivity contribution in [1.82, 2.24) is 20.3 Å². The van der Waals surface area contributed by atoms with Crippen molar-refractivity contribution < 1.29 is 9.72 Å². The Kier molecular flexibility index (Phi) is 5.59. The highest BCUT2D eigenvalue weighted by Gasteiger charge is 2.27. The Morgan fingerprint density at radius 2 is 1.90 bits per heavy atom. The first kappa shape index (κ1) is 20.8. The van der Waals surface area contributed by atoms with E-state index in [4.69, 9.17) is 23.2 Å². The zero-order valence-electron chi connectivity index (χ0n) is 15.8. The largest absolute Gasteiger partial charge is 0.342 e. The molecule has 0 aliphatic carbocycles. The SMILES string of the molecule is Cc1c(C(=O)NC(C)(C)c2ccc(Cl)c(Cl)c2)nnn1-c1cccc([N+](=O)[O-])c1. The predicted octanol–water partition coefficient (Wildman–Crippen LogP) is 4.46. The van der Waals surface area contributed by atoms with E-state index in [1.54, 1.807) is 37.3 Å². The smallest absolute Gasteiger partial charge is 0.274 e. The van der Waals surface area contributed by atoms with E-state index >= 15 is 0 Å². The van der Waals surface area contributed by atoms with Gasteiger partial charge in [0.1, 0.15) is 0 Å². The summed E-state index contributed by atoms with van der Waals surface area (Å²) in [6.45, 7) is 5.31. The number of hydrogen-bond donors (Lipinski definition) is 1. The number of rotatable bonds is 5. The van der Waals surface area contributed by atoms with Crippen LogP contribution in [0, 0.1) is 17.0 Å². The lowest BCUT2D eigenvalue weighted by Crippen LogP contribution is -2.41. The van der Waals surface area contributed by atoms with Gasteiger partial charge in [-0.15, -0.1) is 5.10 Å². The molecule has 1 heterocycles. The highest BCUT2D eigenvalue weighted by molar-refractivity contribution is 6.42. The lowest BCUT2D eigenvalue weighted by atomic mass is 9.94. The highest BCUT2D eigenvalue weighted by atomic mass is 35.5. The van der Waals surface area contributed by atoms with Crippen LogP contribution in [0.5, 0.6) is 0 Å². The maximum Gasteiger partial charge on any atom is 0.274 e. The Hall–Kier alpha value is -2.97. The summed E-state index contributed by atoms with van der Waals surface area (Å²) >= 11 is 12.0. The van der Waals surface area contributed by atoms with Crippen LogP contribution in [-0.2, 0) is 5.54 Å². The standard InChI is InChI=1S/C19H17Cl2N5O3/c1-11-17(23-24-25(11)13-5-4-6-14(10-13)26(28)29)18(27)22-19(2,3)12-7-8-15(20)16(21)9-12/h4-10H,1-3H3,(H,22,27). The van der Waals surface area contributed by atoms with Gasteiger partial charge in [-0.25, -0.2) is 4.68 Å². The number of hydrogen-bond acceptors (Lipinski definition) is 5. The summed E-state index contributed by atoms with van der Waals surface area (Å²) in [5.41, 5.74) is 0.935. The monoisotopic (exact) mass is 433 g/mol. The van der Waals surface area contributed by atoms with E-state index in [0.29, 0.717) is 21.4 Å². The van der Waals surface area contributed by atoms with Crippen molar-refractivity contribution in [2.45, 2.75) is 26.3 Å². The van der Waals surface area contributed by atoms with Gasteiger partial charge in [0, 0.05) is 12.1 Å². The molecule has 0 fully saturated rings. The molecule has 1 amide bonds. The van der Waals surface area contributed by atoms with Crippen LogP contribution in [0.25, 0.3) is 5.69 Å². The molecule has 0 unspecified atom stereocenters. The number of amides is 1. The molecule has 3 aromatic rings. The summed E-state index contributed by atoms with van der Waals surface area (Å²) < 4.78 is 1.38. The van der Waals surface area contributed by atoms with Gasteiger partial charge in [-0.05, 0) is 44.5 Å². The molecule has 1 N–H and O–H groups in total. The predicted molar refractivity (Wildman–Crippen MR) is 110 cm³/mol. The number of halogens is 2. The quantitative estimate of drug-likeness (QED) is 0.472. The topological polar surface area (TPSA) is 103 Å². The molecule has 0 bridgehead atoms. The third-order valence-electron chi connectivity index (χ3n) is 4.46. The summed E-state index contributed by atoms with van der Waals surface area (Å²) in [7, 11) is 0. The van der Waals surface area contributed by atoms with E-state index in [9.17, 15) is 14.9 Å². The van der Waals surface area contributed by atoms with Crippen molar-refractivity contribution in [1.29, 1.82) is 0 Å². The van der Waals surface area contributed by atoms with Gasteiger partial charge in [0.25, 0.3) is 11.6 Å². The maximum atomic E-state index is 12.8. The number of nitro benzene ring substituents is 1. The Morgan fingerprint density at radius 1 is 1.17 bits per heavy atom. The molecule has 0 saturated heterocycles. The van der Waals surface area contributed by atoms with Crippen molar-refractivity contribution in [2.24, 2.45) is 0 Å². The molecular weight excluding hydrogens is 417 g/mol. The first-order valence-electron chi connectivity index (χ1n) is 8.55. The zero-order valence-corrected chi connectivity index (χ0v) is 17.3. The third-order valence-corrected chi connectivity index (χ3v) is 5.20. The second kappa shape index (κ2) is 7.81. The molecule has 3 rings (SSSR count). The maximum absolute atomic E-state index is 12.8. The van der Waals surface area contributed by atoms with Gasteiger partial charge < -0.3 is 5.32 Å². The Labute approximate surface area is 176 Å². The van der Waals surface area contributed by atoms with Crippen LogP contribution in [0.2, 0.25) is 10.0 Å². The minimum absolute atomic E-state index is 0.0795. The average Bonchev–Trinajstić information content (AvgIpc) is 3.05. The van der Waals surface area contributed by atoms with E-state index in [2.05, 4.69) is 15.6 Å². The molecule has 0 saturated carbocycles. The highest BCUT2D eigenvalue weighted by Crippen LogP contribution is 2.29. The Balaban J connectivity index is 1.88. The van der Waals surface area contributed by atoms with Crippen LogP contribution >= 0.6 is 23.2 Å². The number of non-ortho nitro benzene ring substituents is 1. The first-order chi connectivity index (χ1) is 13.6. The van der Waals surface area contributed by atoms with Crippen LogP contribution < -0.4 is 5.32 Å². The zero-order chi connectivity index (χ0) is 21.3. The molecule has 0 spiro atoms. The molecule has 2 aromatic carbocycles. The van der Waals surface area contributed by atoms with E-state index < -0.39 is 16.4 Å². The van der Waals surface area contributed by atoms with Gasteiger partial charge >= 0.3 is 0 Å². The number of benzene rings is 2. The minimum Gasteiger partial charge on any atom is -0.342 e. The summed E-state index contributed by atoms with van der Waals surface area (Å²) in [6.07, 6.45) is 0. The summed E-state index contributed by atoms with van der Waals surface area (Å²) in [5, 5.41) is 22.7. The number of aromatic nitrogens is 3. The number of nitrogens with zero attached hydrogens (tertiary/aromatic N) is 4. The average molecular weight is 434 g/mol. The van der Waals surface area contributed by atoms with E-state index in [-0.39, 0.29) is 11.4 Å². The van der Waals surface area contributed by atoms with Gasteiger partial charge in [-0.2, -0.15) is 0 Å². The van der Waals surface area contributed by atoms with Crippen LogP contribution in [0.3, 0.4) is 0 Å². The van der Waals surface area contributed by atoms with E-state index in [1.807, 2.05) is 13.8 Å². The summed E-state index contributed by atoms with van der Waals surface area (Å²) in [5.74, 6) is -0.435. The fraction of sp³-hybridized carbons (Fsp3) is 0.211. The summed E-state index contributed by atoms with van der Waals surface area (Å²) in [6, 6.07) is 11.1. The van der Waals surface area contributed by atoms with Gasteiger partial charge in [0.2, 0.25) is 0 Å². The van der Waals surface area contributed by atoms with Gasteiger partial charge in [0.05, 0.1) is 31.9 Å². The molecular formula is C19H17Cl2N5O3. The lowest BCUT2D eigenvalue weighted by molar-refractivity contribution is -0.384. The molecule has 29 heavy (non-hydrogen) atoms. The van der Waals surface area contributed by atoms with Gasteiger partial charge in [0.15, 0.2) is 5.69 Å². The van der Waals surface area contributed by atoms with Crippen LogP contribution in [-0.4, -0.2) is 25.8 Å². The van der Waals surface area contributed by atoms with Crippen LogP contribution in [0.15, 0.2) is 42.5 Å². The van der Waals surface area contributed by atoms with Gasteiger partial charge in [-0.1, -0.05) is 40.5 Å². The molecule has 8 nitrogen and oxygen atoms in total. The van der Waals surface area contributed by atoms with Crippen molar-refractivity contribution in [2.75, 3.05) is 0 Å². The Bertz CT molecular complexity index is 1110. The van der Waals surface area contributed by atoms with Crippen molar-refractivity contribution >= 4 is 34.8 Å². The van der Waals surface area contributed by atoms with Crippen LogP contribution in [0.4, 0.5) is 5.69 Å². The molecule has 150 valence electrons. The van der Waals surface area contributed by atoms with Gasteiger partial charge in [-0.3, -0.25) is 14.9 Å². The second-order valence-electron chi connectivity index (χ2n) is 6.92. The second-order valence-corrected chi connectivity index (χ2v) is 7.73. The normalized spacial score (nSPS) is 11.3. The number of carbonyl (C=O) groups is 1. The number of carbonyl (C=O) groups excluding carboxylic acids is 1. The lowest BCUT2D eigenvalue weighted by Gasteiger charge is -2.27. The third kappa shape index (κ3) is 4.23. The van der Waals surface area contributed by atoms with Crippen molar-refractivity contribution in [3.63, 3.8) is 0 Å². The molecule has 10 heteroatoms. The molecule has 0 atom stereocenters. The number of nitro groups is 1. The first-order valence-corrected chi connectivity index (χ1v) is 9.31. The number of nitrogens with one attached hydrogen (secondary N) is 1. The minimum atomic E-state index is -0.757. The molecule has 0 aliphatic heterocycles. The molecule has 1 aromatic heterocycles. The van der Waals surface area contributed by atoms with Crippen molar-refractivity contribution in [3.8, 4) is 5.69 Å². The van der Waals surface area contributed by atoms with E-state index in [1.165, 1.54) is 16.8 Å². The molecule has 0 radical (unpaired) electrons. The summed E-state index contributed by atoms with van der Waals surface area (Å²) in [4.78, 5) is 23.3. The fourth-order valence-corrected chi connectivity index (χ4v) is 3.12.